The van der Waals surface area contributed by atoms with E-state index >= 15 is 0 Å². The van der Waals surface area contributed by atoms with Crippen LogP contribution in [0.3, 0.4) is 0 Å². The van der Waals surface area contributed by atoms with Gasteiger partial charge in [-0.25, -0.2) is 9.59 Å². The van der Waals surface area contributed by atoms with E-state index in [-0.39, 0.29) is 24.6 Å². The Hall–Kier alpha value is -2.53. The minimum atomic E-state index is -0.979. The Kier molecular flexibility index (Phi) is 5.71. The third-order valence-electron chi connectivity index (χ3n) is 4.05. The summed E-state index contributed by atoms with van der Waals surface area (Å²) in [5.41, 5.74) is 5.43. The highest BCUT2D eigenvalue weighted by molar-refractivity contribution is 8.00. The van der Waals surface area contributed by atoms with Crippen LogP contribution in [0.25, 0.3) is 0 Å². The summed E-state index contributed by atoms with van der Waals surface area (Å²) in [6.07, 6.45) is -0.788. The molecular formula is C16H17N3O6S2. The molecule has 0 aromatic carbocycles. The van der Waals surface area contributed by atoms with Crippen molar-refractivity contribution in [2.45, 2.75) is 17.8 Å². The molecule has 1 fully saturated rings. The number of nitrogens with one attached hydrogen (secondary N) is 1. The van der Waals surface area contributed by atoms with Gasteiger partial charge in [-0.1, -0.05) is 6.07 Å². The number of nitrogens with zero attached hydrogens (tertiary/aromatic N) is 1. The Labute approximate surface area is 162 Å². The summed E-state index contributed by atoms with van der Waals surface area (Å²) in [7, 11) is 1.20. The van der Waals surface area contributed by atoms with Crippen molar-refractivity contribution in [3.63, 3.8) is 0 Å². The van der Waals surface area contributed by atoms with E-state index in [0.29, 0.717) is 11.3 Å². The lowest BCUT2D eigenvalue weighted by molar-refractivity contribution is -0.151. The predicted octanol–water partition coefficient (Wildman–Crippen LogP) is 0.213. The van der Waals surface area contributed by atoms with Gasteiger partial charge in [0.25, 0.3) is 5.91 Å². The Morgan fingerprint density at radius 2 is 2.19 bits per heavy atom. The Bertz CT molecular complexity index is 807. The molecule has 3 amide bonds. The van der Waals surface area contributed by atoms with Gasteiger partial charge in [-0.3, -0.25) is 14.5 Å². The lowest BCUT2D eigenvalue weighted by atomic mass is 10.0. The van der Waals surface area contributed by atoms with E-state index in [0.717, 1.165) is 4.88 Å². The van der Waals surface area contributed by atoms with Gasteiger partial charge in [-0.2, -0.15) is 0 Å². The van der Waals surface area contributed by atoms with Crippen molar-refractivity contribution in [3.05, 3.63) is 33.7 Å². The molecular weight excluding hydrogens is 394 g/mol. The summed E-state index contributed by atoms with van der Waals surface area (Å²) in [6, 6.07) is 2.97. The number of hydrogen-bond donors (Lipinski definition) is 2. The molecule has 0 aliphatic carbocycles. The fourth-order valence-corrected chi connectivity index (χ4v) is 4.86. The third-order valence-corrected chi connectivity index (χ3v) is 6.26. The average molecular weight is 411 g/mol. The van der Waals surface area contributed by atoms with Gasteiger partial charge in [0, 0.05) is 16.2 Å². The minimum absolute atomic E-state index is 0.0382. The second-order valence-electron chi connectivity index (χ2n) is 5.76. The molecule has 3 N–H and O–H groups in total. The van der Waals surface area contributed by atoms with Gasteiger partial charge < -0.3 is 20.5 Å². The zero-order valence-corrected chi connectivity index (χ0v) is 15.9. The molecule has 2 aliphatic rings. The molecule has 2 atom stereocenters. The monoisotopic (exact) mass is 411 g/mol. The van der Waals surface area contributed by atoms with E-state index in [1.807, 2.05) is 17.5 Å². The van der Waals surface area contributed by atoms with E-state index in [9.17, 15) is 19.2 Å². The van der Waals surface area contributed by atoms with Crippen molar-refractivity contribution in [1.82, 2.24) is 10.2 Å². The first-order valence-electron chi connectivity index (χ1n) is 7.91. The van der Waals surface area contributed by atoms with Crippen LogP contribution < -0.4 is 11.1 Å². The van der Waals surface area contributed by atoms with Crippen molar-refractivity contribution in [2.75, 3.05) is 19.5 Å². The molecule has 0 saturated carbocycles. The average Bonchev–Trinajstić information content (AvgIpc) is 3.15. The highest BCUT2D eigenvalue weighted by Crippen LogP contribution is 2.40. The lowest BCUT2D eigenvalue weighted by Gasteiger charge is -2.49. The maximum absolute atomic E-state index is 12.6. The van der Waals surface area contributed by atoms with Crippen LogP contribution in [0, 0.1) is 0 Å². The zero-order chi connectivity index (χ0) is 19.6. The van der Waals surface area contributed by atoms with Gasteiger partial charge in [-0.15, -0.1) is 23.1 Å². The summed E-state index contributed by atoms with van der Waals surface area (Å²) in [4.78, 5) is 49.9. The molecule has 3 heterocycles. The molecule has 2 aliphatic heterocycles. The van der Waals surface area contributed by atoms with Gasteiger partial charge >= 0.3 is 12.1 Å². The Morgan fingerprint density at radius 3 is 2.81 bits per heavy atom. The van der Waals surface area contributed by atoms with Crippen molar-refractivity contribution < 1.29 is 28.7 Å². The summed E-state index contributed by atoms with van der Waals surface area (Å²) < 4.78 is 9.51. The summed E-state index contributed by atoms with van der Waals surface area (Å²) in [6.45, 7) is -0.210. The van der Waals surface area contributed by atoms with Crippen LogP contribution in [-0.4, -0.2) is 59.7 Å². The molecule has 11 heteroatoms. The first-order valence-corrected chi connectivity index (χ1v) is 9.84. The van der Waals surface area contributed by atoms with Crippen LogP contribution in [0.1, 0.15) is 4.88 Å². The van der Waals surface area contributed by atoms with E-state index < -0.39 is 29.4 Å². The van der Waals surface area contributed by atoms with Crippen molar-refractivity contribution >= 4 is 47.0 Å². The number of primary amides is 1. The minimum Gasteiger partial charge on any atom is -0.464 e. The number of β-lactam (4-membered cyclic amide) rings is 1. The second-order valence-corrected chi connectivity index (χ2v) is 7.90. The molecule has 1 unspecified atom stereocenters. The molecule has 0 bridgehead atoms. The Morgan fingerprint density at radius 1 is 1.41 bits per heavy atom. The number of carbonyl (C=O) groups excluding carboxylic acids is 4. The number of methoxy groups -OCH3 is 1. The third kappa shape index (κ3) is 3.93. The summed E-state index contributed by atoms with van der Waals surface area (Å²) in [5, 5.41) is 4.18. The van der Waals surface area contributed by atoms with E-state index in [1.54, 1.807) is 0 Å². The zero-order valence-electron chi connectivity index (χ0n) is 14.3. The van der Waals surface area contributed by atoms with Gasteiger partial charge in [0.15, 0.2) is 0 Å². The molecule has 1 aromatic rings. The molecule has 0 spiro atoms. The number of rotatable bonds is 6. The van der Waals surface area contributed by atoms with E-state index in [1.165, 1.54) is 35.1 Å². The van der Waals surface area contributed by atoms with E-state index in [2.05, 4.69) is 5.32 Å². The largest absolute Gasteiger partial charge is 0.464 e. The molecule has 0 radical (unpaired) electrons. The number of carbonyl (C=O) groups is 4. The quantitative estimate of drug-likeness (QED) is 0.506. The number of ether oxygens (including phenoxy) is 2. The summed E-state index contributed by atoms with van der Waals surface area (Å²) in [5.74, 6) is -1.05. The SMILES string of the molecule is COC(=O)C1=C(COC(N)=O)CS[C@@H]2C(NC(=O)Cc3cccs3)C(=O)N12. The van der Waals surface area contributed by atoms with Crippen molar-refractivity contribution in [1.29, 1.82) is 0 Å². The first-order chi connectivity index (χ1) is 12.9. The van der Waals surface area contributed by atoms with Crippen molar-refractivity contribution in [3.8, 4) is 0 Å². The van der Waals surface area contributed by atoms with Crippen LogP contribution in [0.5, 0.6) is 0 Å². The first kappa shape index (κ1) is 19.2. The van der Waals surface area contributed by atoms with Crippen LogP contribution in [0.15, 0.2) is 28.8 Å². The molecule has 27 heavy (non-hydrogen) atoms. The molecule has 1 aromatic heterocycles. The fourth-order valence-electron chi connectivity index (χ4n) is 2.83. The molecule has 144 valence electrons. The number of esters is 1. The van der Waals surface area contributed by atoms with Gasteiger partial charge in [0.2, 0.25) is 5.91 Å². The van der Waals surface area contributed by atoms with Crippen LogP contribution in [-0.2, 0) is 30.3 Å². The topological polar surface area (TPSA) is 128 Å². The normalized spacial score (nSPS) is 21.2. The summed E-state index contributed by atoms with van der Waals surface area (Å²) >= 11 is 2.82. The molecule has 3 rings (SSSR count). The predicted molar refractivity (Wildman–Crippen MR) is 97.6 cm³/mol. The number of amides is 3. The highest BCUT2D eigenvalue weighted by atomic mass is 32.2. The van der Waals surface area contributed by atoms with Gasteiger partial charge in [0.1, 0.15) is 23.7 Å². The van der Waals surface area contributed by atoms with Crippen LogP contribution in [0.4, 0.5) is 4.79 Å². The number of thiophene rings is 1. The number of fused-ring (bicyclic) bond motifs is 1. The lowest BCUT2D eigenvalue weighted by Crippen LogP contribution is -2.70. The fraction of sp³-hybridized carbons (Fsp3) is 0.375. The van der Waals surface area contributed by atoms with Gasteiger partial charge in [0.05, 0.1) is 13.5 Å². The highest BCUT2D eigenvalue weighted by Gasteiger charge is 2.54. The maximum atomic E-state index is 12.6. The number of thioether (sulfide) groups is 1. The molecule has 9 nitrogen and oxygen atoms in total. The van der Waals surface area contributed by atoms with Crippen LogP contribution in [0.2, 0.25) is 0 Å². The maximum Gasteiger partial charge on any atom is 0.404 e. The second kappa shape index (κ2) is 8.01. The standard InChI is InChI=1S/C16H17N3O6S2/c1-24-15(22)12-8(6-25-16(17)23)7-27-14-11(13(21)19(12)14)18-10(20)5-9-3-2-4-26-9/h2-4,11,14H,5-7H2,1H3,(H2,17,23)(H,18,20)/t11?,14-/m1/s1. The number of hydrogen-bond acceptors (Lipinski definition) is 8. The van der Waals surface area contributed by atoms with Crippen LogP contribution >= 0.6 is 23.1 Å². The van der Waals surface area contributed by atoms with Gasteiger partial charge in [-0.05, 0) is 11.4 Å². The Balaban J connectivity index is 1.72. The van der Waals surface area contributed by atoms with E-state index in [4.69, 9.17) is 15.2 Å². The molecule has 1 saturated heterocycles. The number of nitrogens with two attached hydrogens (primary N) is 1. The van der Waals surface area contributed by atoms with Crippen molar-refractivity contribution in [2.24, 2.45) is 5.73 Å². The smallest absolute Gasteiger partial charge is 0.404 e.